The molecular formula is C15H25NO2. The number of carbonyl (C=O) groups excluding carboxylic acids is 1. The summed E-state index contributed by atoms with van der Waals surface area (Å²) in [5.41, 5.74) is -0.381. The molecule has 0 aromatic heterocycles. The monoisotopic (exact) mass is 251 g/mol. The number of ether oxygens (including phenoxy) is 1. The summed E-state index contributed by atoms with van der Waals surface area (Å²) in [4.78, 5) is 14.6. The van der Waals surface area contributed by atoms with Gasteiger partial charge >= 0.3 is 5.97 Å². The minimum absolute atomic E-state index is 0.0306. The minimum atomic E-state index is -0.381. The highest BCUT2D eigenvalue weighted by molar-refractivity contribution is 5.76. The Morgan fingerprint density at radius 3 is 2.67 bits per heavy atom. The van der Waals surface area contributed by atoms with Gasteiger partial charge in [0, 0.05) is 6.04 Å². The SMILES string of the molecule is CC(C)(C)OC(=O)[C@H]1CCCN1C1C=CCCC1. The number of allylic oxidation sites excluding steroid dienone is 1. The molecule has 1 heterocycles. The van der Waals surface area contributed by atoms with Crippen LogP contribution in [0.1, 0.15) is 52.9 Å². The zero-order chi connectivity index (χ0) is 13.2. The van der Waals surface area contributed by atoms with Crippen LogP contribution < -0.4 is 0 Å². The van der Waals surface area contributed by atoms with Crippen molar-refractivity contribution in [2.24, 2.45) is 0 Å². The van der Waals surface area contributed by atoms with Crippen molar-refractivity contribution in [3.63, 3.8) is 0 Å². The van der Waals surface area contributed by atoms with Crippen LogP contribution in [-0.2, 0) is 9.53 Å². The smallest absolute Gasteiger partial charge is 0.323 e. The lowest BCUT2D eigenvalue weighted by atomic mass is 10.0. The number of carbonyl (C=O) groups is 1. The second-order valence-corrected chi connectivity index (χ2v) is 6.36. The van der Waals surface area contributed by atoms with Crippen LogP contribution in [0.5, 0.6) is 0 Å². The van der Waals surface area contributed by atoms with Gasteiger partial charge in [0.1, 0.15) is 11.6 Å². The lowest BCUT2D eigenvalue weighted by Crippen LogP contribution is -2.45. The normalized spacial score (nSPS) is 29.5. The molecule has 0 saturated carbocycles. The summed E-state index contributed by atoms with van der Waals surface area (Å²) in [7, 11) is 0. The average Bonchev–Trinajstić information content (AvgIpc) is 2.76. The fourth-order valence-corrected chi connectivity index (χ4v) is 2.88. The summed E-state index contributed by atoms with van der Waals surface area (Å²) in [6.07, 6.45) is 10.2. The largest absolute Gasteiger partial charge is 0.459 e. The van der Waals surface area contributed by atoms with Gasteiger partial charge in [0.15, 0.2) is 0 Å². The third-order valence-electron chi connectivity index (χ3n) is 3.63. The molecule has 0 aromatic rings. The van der Waals surface area contributed by atoms with Crippen LogP contribution >= 0.6 is 0 Å². The number of rotatable bonds is 2. The van der Waals surface area contributed by atoms with E-state index in [0.717, 1.165) is 19.4 Å². The molecule has 0 spiro atoms. The molecule has 2 rings (SSSR count). The number of hydrogen-bond acceptors (Lipinski definition) is 3. The molecule has 1 aliphatic carbocycles. The van der Waals surface area contributed by atoms with Crippen LogP contribution in [0, 0.1) is 0 Å². The van der Waals surface area contributed by atoms with E-state index in [-0.39, 0.29) is 17.6 Å². The van der Waals surface area contributed by atoms with Crippen LogP contribution in [0.2, 0.25) is 0 Å². The van der Waals surface area contributed by atoms with Crippen molar-refractivity contribution in [2.75, 3.05) is 6.54 Å². The first kappa shape index (κ1) is 13.6. The molecule has 2 aliphatic rings. The second-order valence-electron chi connectivity index (χ2n) is 6.36. The first-order valence-electron chi connectivity index (χ1n) is 7.13. The zero-order valence-corrected chi connectivity index (χ0v) is 11.8. The van der Waals surface area contributed by atoms with E-state index in [2.05, 4.69) is 17.1 Å². The highest BCUT2D eigenvalue weighted by atomic mass is 16.6. The first-order chi connectivity index (χ1) is 8.47. The quantitative estimate of drug-likeness (QED) is 0.558. The van der Waals surface area contributed by atoms with Gasteiger partial charge in [-0.1, -0.05) is 12.2 Å². The maximum absolute atomic E-state index is 12.2. The molecule has 1 saturated heterocycles. The van der Waals surface area contributed by atoms with Crippen LogP contribution in [0.3, 0.4) is 0 Å². The fourth-order valence-electron chi connectivity index (χ4n) is 2.88. The summed E-state index contributed by atoms with van der Waals surface area (Å²) >= 11 is 0. The number of likely N-dealkylation sites (tertiary alicyclic amines) is 1. The molecule has 102 valence electrons. The van der Waals surface area contributed by atoms with E-state index in [4.69, 9.17) is 4.74 Å². The minimum Gasteiger partial charge on any atom is -0.459 e. The van der Waals surface area contributed by atoms with Crippen LogP contribution in [0.15, 0.2) is 12.2 Å². The van der Waals surface area contributed by atoms with Crippen LogP contribution in [0.25, 0.3) is 0 Å². The molecule has 0 radical (unpaired) electrons. The predicted octanol–water partition coefficient (Wildman–Crippen LogP) is 2.90. The molecule has 0 bridgehead atoms. The Labute approximate surface area is 110 Å². The van der Waals surface area contributed by atoms with Crippen molar-refractivity contribution in [3.8, 4) is 0 Å². The molecule has 0 N–H and O–H groups in total. The van der Waals surface area contributed by atoms with E-state index >= 15 is 0 Å². The highest BCUT2D eigenvalue weighted by Crippen LogP contribution is 2.27. The maximum Gasteiger partial charge on any atom is 0.323 e. The Bertz CT molecular complexity index is 330. The Kier molecular flexibility index (Phi) is 4.10. The van der Waals surface area contributed by atoms with Crippen molar-refractivity contribution in [1.82, 2.24) is 4.90 Å². The molecule has 3 nitrogen and oxygen atoms in total. The van der Waals surface area contributed by atoms with Gasteiger partial charge in [-0.15, -0.1) is 0 Å². The molecular weight excluding hydrogens is 226 g/mol. The van der Waals surface area contributed by atoms with E-state index in [1.54, 1.807) is 0 Å². The van der Waals surface area contributed by atoms with Gasteiger partial charge in [-0.05, 0) is 59.4 Å². The lowest BCUT2D eigenvalue weighted by molar-refractivity contribution is -0.160. The predicted molar refractivity (Wildman–Crippen MR) is 72.4 cm³/mol. The van der Waals surface area contributed by atoms with Crippen molar-refractivity contribution >= 4 is 5.97 Å². The molecule has 1 unspecified atom stereocenters. The number of nitrogens with zero attached hydrogens (tertiary/aromatic N) is 1. The standard InChI is InChI=1S/C15H25NO2/c1-15(2,3)18-14(17)13-10-7-11-16(13)12-8-5-4-6-9-12/h5,8,12-13H,4,6-7,9-11H2,1-3H3/t12?,13-/m1/s1. The van der Waals surface area contributed by atoms with E-state index in [9.17, 15) is 4.79 Å². The van der Waals surface area contributed by atoms with Crippen molar-refractivity contribution in [3.05, 3.63) is 12.2 Å². The topological polar surface area (TPSA) is 29.5 Å². The van der Waals surface area contributed by atoms with Gasteiger partial charge in [0.05, 0.1) is 0 Å². The third-order valence-corrected chi connectivity index (χ3v) is 3.63. The summed E-state index contributed by atoms with van der Waals surface area (Å²) in [6, 6.07) is 0.413. The van der Waals surface area contributed by atoms with Gasteiger partial charge in [-0.25, -0.2) is 0 Å². The van der Waals surface area contributed by atoms with Crippen molar-refractivity contribution in [1.29, 1.82) is 0 Å². The van der Waals surface area contributed by atoms with Crippen LogP contribution in [0.4, 0.5) is 0 Å². The fraction of sp³-hybridized carbons (Fsp3) is 0.800. The summed E-state index contributed by atoms with van der Waals surface area (Å²) in [5, 5.41) is 0. The Balaban J connectivity index is 2.00. The average molecular weight is 251 g/mol. The number of esters is 1. The van der Waals surface area contributed by atoms with Crippen LogP contribution in [-0.4, -0.2) is 35.1 Å². The second kappa shape index (κ2) is 5.43. The molecule has 1 aliphatic heterocycles. The molecule has 0 amide bonds. The molecule has 1 fully saturated rings. The first-order valence-corrected chi connectivity index (χ1v) is 7.13. The molecule has 0 aromatic carbocycles. The molecule has 2 atom stereocenters. The Hall–Kier alpha value is -0.830. The van der Waals surface area contributed by atoms with E-state index < -0.39 is 0 Å². The van der Waals surface area contributed by atoms with Gasteiger partial charge in [-0.2, -0.15) is 0 Å². The highest BCUT2D eigenvalue weighted by Gasteiger charge is 2.37. The Morgan fingerprint density at radius 1 is 1.28 bits per heavy atom. The van der Waals surface area contributed by atoms with Gasteiger partial charge in [0.25, 0.3) is 0 Å². The molecule has 3 heteroatoms. The van der Waals surface area contributed by atoms with E-state index in [1.165, 1.54) is 19.3 Å². The summed E-state index contributed by atoms with van der Waals surface area (Å²) in [6.45, 7) is 6.83. The molecule has 18 heavy (non-hydrogen) atoms. The number of hydrogen-bond donors (Lipinski definition) is 0. The van der Waals surface area contributed by atoms with E-state index in [0.29, 0.717) is 6.04 Å². The summed E-state index contributed by atoms with van der Waals surface area (Å²) < 4.78 is 5.54. The van der Waals surface area contributed by atoms with Crippen molar-refractivity contribution < 1.29 is 9.53 Å². The van der Waals surface area contributed by atoms with E-state index in [1.807, 2.05) is 20.8 Å². The Morgan fingerprint density at radius 2 is 2.06 bits per heavy atom. The third kappa shape index (κ3) is 3.35. The summed E-state index contributed by atoms with van der Waals surface area (Å²) in [5.74, 6) is -0.0426. The van der Waals surface area contributed by atoms with Gasteiger partial charge in [0.2, 0.25) is 0 Å². The van der Waals surface area contributed by atoms with Crippen molar-refractivity contribution in [2.45, 2.75) is 70.6 Å². The maximum atomic E-state index is 12.2. The lowest BCUT2D eigenvalue weighted by Gasteiger charge is -2.33. The zero-order valence-electron chi connectivity index (χ0n) is 11.8. The van der Waals surface area contributed by atoms with Gasteiger partial charge in [-0.3, -0.25) is 9.69 Å². The van der Waals surface area contributed by atoms with Gasteiger partial charge < -0.3 is 4.74 Å².